The normalized spacial score (nSPS) is 26.6. The second-order valence-corrected chi connectivity index (χ2v) is 8.63. The summed E-state index contributed by atoms with van der Waals surface area (Å²) in [4.78, 5) is 16.9. The van der Waals surface area contributed by atoms with Crippen LogP contribution in [0.4, 0.5) is 5.82 Å². The molecule has 0 aromatic carbocycles. The quantitative estimate of drug-likeness (QED) is 0.785. The van der Waals surface area contributed by atoms with Gasteiger partial charge in [0.2, 0.25) is 5.91 Å². The molecule has 8 heteroatoms. The highest BCUT2D eigenvalue weighted by atomic mass is 16.1. The van der Waals surface area contributed by atoms with Gasteiger partial charge in [0.25, 0.3) is 0 Å². The van der Waals surface area contributed by atoms with E-state index in [1.807, 2.05) is 23.0 Å². The highest BCUT2D eigenvalue weighted by Gasteiger charge is 2.29. The van der Waals surface area contributed by atoms with E-state index in [9.17, 15) is 4.79 Å². The number of amides is 1. The summed E-state index contributed by atoms with van der Waals surface area (Å²) in [6, 6.07) is 8.10. The maximum Gasteiger partial charge on any atom is 0.223 e. The van der Waals surface area contributed by atoms with Crippen LogP contribution in [-0.2, 0) is 4.79 Å². The zero-order valence-corrected chi connectivity index (χ0v) is 17.2. The van der Waals surface area contributed by atoms with Crippen molar-refractivity contribution in [1.29, 1.82) is 5.26 Å². The van der Waals surface area contributed by atoms with E-state index in [0.717, 1.165) is 63.6 Å². The highest BCUT2D eigenvalue weighted by molar-refractivity contribution is 5.78. The van der Waals surface area contributed by atoms with Crippen LogP contribution in [0.2, 0.25) is 0 Å². The number of hydrogen-bond donors (Lipinski definition) is 2. The number of nitrogens with one attached hydrogen (secondary N) is 1. The number of aromatic nitrogens is 4. The number of anilines is 1. The first-order valence-electron chi connectivity index (χ1n) is 10.9. The van der Waals surface area contributed by atoms with E-state index in [4.69, 9.17) is 11.0 Å². The fraction of sp³-hybridized carbons (Fsp3) is 0.591. The Kier molecular flexibility index (Phi) is 6.26. The van der Waals surface area contributed by atoms with Gasteiger partial charge in [0.05, 0.1) is 24.0 Å². The van der Waals surface area contributed by atoms with Crippen LogP contribution in [0.15, 0.2) is 24.4 Å². The van der Waals surface area contributed by atoms with Gasteiger partial charge in [-0.15, -0.1) is 5.10 Å². The molecule has 0 aliphatic heterocycles. The molecule has 158 valence electrons. The van der Waals surface area contributed by atoms with Crippen molar-refractivity contribution in [3.05, 3.63) is 24.4 Å². The second kappa shape index (κ2) is 9.24. The Balaban J connectivity index is 1.24. The topological polar surface area (TPSA) is 123 Å². The van der Waals surface area contributed by atoms with Crippen LogP contribution in [0.1, 0.15) is 57.4 Å². The molecule has 0 radical (unpaired) electrons. The first-order valence-corrected chi connectivity index (χ1v) is 10.9. The monoisotopic (exact) mass is 407 g/mol. The molecule has 1 amide bonds. The minimum absolute atomic E-state index is 0.0790. The smallest absolute Gasteiger partial charge is 0.223 e. The van der Waals surface area contributed by atoms with E-state index in [1.54, 1.807) is 6.07 Å². The summed E-state index contributed by atoms with van der Waals surface area (Å²) < 4.78 is 1.90. The van der Waals surface area contributed by atoms with Crippen molar-refractivity contribution >= 4 is 11.7 Å². The summed E-state index contributed by atoms with van der Waals surface area (Å²) >= 11 is 0. The molecule has 2 saturated carbocycles. The SMILES string of the molecule is N#CC1CCC(CNC(=O)C2CCC(n3cc(-c4cccc(N)n4)nn3)CC2)CC1. The molecule has 2 aromatic heterocycles. The van der Waals surface area contributed by atoms with Gasteiger partial charge in [-0.3, -0.25) is 4.79 Å². The third-order valence-electron chi connectivity index (χ3n) is 6.58. The maximum atomic E-state index is 12.6. The Bertz CT molecular complexity index is 902. The van der Waals surface area contributed by atoms with Crippen molar-refractivity contribution < 1.29 is 4.79 Å². The van der Waals surface area contributed by atoms with Crippen molar-refractivity contribution in [2.24, 2.45) is 17.8 Å². The second-order valence-electron chi connectivity index (χ2n) is 8.63. The average Bonchev–Trinajstić information content (AvgIpc) is 3.28. The molecule has 2 heterocycles. The molecule has 0 bridgehead atoms. The molecule has 2 fully saturated rings. The average molecular weight is 408 g/mol. The Morgan fingerprint density at radius 1 is 1.13 bits per heavy atom. The molecule has 0 unspecified atom stereocenters. The molecule has 8 nitrogen and oxygen atoms in total. The minimum Gasteiger partial charge on any atom is -0.384 e. The van der Waals surface area contributed by atoms with E-state index in [1.165, 1.54) is 0 Å². The Morgan fingerprint density at radius 3 is 2.60 bits per heavy atom. The Hall–Kier alpha value is -2.95. The van der Waals surface area contributed by atoms with Gasteiger partial charge in [-0.05, 0) is 69.4 Å². The van der Waals surface area contributed by atoms with Crippen LogP contribution in [0, 0.1) is 29.1 Å². The molecular weight excluding hydrogens is 378 g/mol. The fourth-order valence-corrected chi connectivity index (χ4v) is 4.65. The van der Waals surface area contributed by atoms with Crippen molar-refractivity contribution in [2.75, 3.05) is 12.3 Å². The summed E-state index contributed by atoms with van der Waals surface area (Å²) in [6.45, 7) is 0.747. The van der Waals surface area contributed by atoms with E-state index in [0.29, 0.717) is 17.4 Å². The number of hydrogen-bond acceptors (Lipinski definition) is 6. The van der Waals surface area contributed by atoms with Gasteiger partial charge in [0.1, 0.15) is 11.5 Å². The van der Waals surface area contributed by atoms with Gasteiger partial charge in [-0.25, -0.2) is 9.67 Å². The summed E-state index contributed by atoms with van der Waals surface area (Å²) in [7, 11) is 0. The lowest BCUT2D eigenvalue weighted by Crippen LogP contribution is -2.37. The van der Waals surface area contributed by atoms with Crippen LogP contribution < -0.4 is 11.1 Å². The molecule has 0 atom stereocenters. The van der Waals surface area contributed by atoms with Crippen LogP contribution in [0.5, 0.6) is 0 Å². The lowest BCUT2D eigenvalue weighted by Gasteiger charge is -2.29. The number of nitrogen functional groups attached to an aromatic ring is 1. The first-order chi connectivity index (χ1) is 14.6. The standard InChI is InChI=1S/C22H29N7O/c23-12-15-4-6-16(7-5-15)13-25-22(30)17-8-10-18(11-9-17)29-14-20(27-28-29)19-2-1-3-21(24)26-19/h1-3,14-18H,4-11,13H2,(H2,24,26)(H,25,30). The van der Waals surface area contributed by atoms with Crippen molar-refractivity contribution in [2.45, 2.75) is 57.4 Å². The number of nitrogens with zero attached hydrogens (tertiary/aromatic N) is 5. The first kappa shape index (κ1) is 20.3. The summed E-state index contributed by atoms with van der Waals surface area (Å²) in [5, 5.41) is 20.7. The number of rotatable bonds is 5. The van der Waals surface area contributed by atoms with E-state index < -0.39 is 0 Å². The number of pyridine rings is 1. The largest absolute Gasteiger partial charge is 0.384 e. The van der Waals surface area contributed by atoms with Crippen LogP contribution in [0.3, 0.4) is 0 Å². The van der Waals surface area contributed by atoms with Gasteiger partial charge in [-0.2, -0.15) is 5.26 Å². The lowest BCUT2D eigenvalue weighted by molar-refractivity contribution is -0.126. The molecule has 0 spiro atoms. The van der Waals surface area contributed by atoms with E-state index in [2.05, 4.69) is 26.7 Å². The predicted molar refractivity (Wildman–Crippen MR) is 113 cm³/mol. The Labute approximate surface area is 176 Å². The fourth-order valence-electron chi connectivity index (χ4n) is 4.65. The zero-order chi connectivity index (χ0) is 20.9. The van der Waals surface area contributed by atoms with Gasteiger partial charge in [0, 0.05) is 18.4 Å². The molecule has 3 N–H and O–H groups in total. The molecule has 30 heavy (non-hydrogen) atoms. The highest BCUT2D eigenvalue weighted by Crippen LogP contribution is 2.33. The Morgan fingerprint density at radius 2 is 1.90 bits per heavy atom. The van der Waals surface area contributed by atoms with Gasteiger partial charge < -0.3 is 11.1 Å². The van der Waals surface area contributed by atoms with Crippen LogP contribution in [-0.4, -0.2) is 32.4 Å². The van der Waals surface area contributed by atoms with Crippen molar-refractivity contribution in [1.82, 2.24) is 25.3 Å². The van der Waals surface area contributed by atoms with E-state index >= 15 is 0 Å². The summed E-state index contributed by atoms with van der Waals surface area (Å²) in [6.07, 6.45) is 9.50. The van der Waals surface area contributed by atoms with E-state index in [-0.39, 0.29) is 23.8 Å². The van der Waals surface area contributed by atoms with Crippen LogP contribution >= 0.6 is 0 Å². The predicted octanol–water partition coefficient (Wildman–Crippen LogP) is 3.10. The molecule has 2 aliphatic carbocycles. The number of carbonyl (C=O) groups is 1. The molecule has 2 aromatic rings. The van der Waals surface area contributed by atoms with Gasteiger partial charge in [0.15, 0.2) is 0 Å². The van der Waals surface area contributed by atoms with Gasteiger partial charge >= 0.3 is 0 Å². The minimum atomic E-state index is 0.0790. The third kappa shape index (κ3) is 4.78. The summed E-state index contributed by atoms with van der Waals surface area (Å²) in [5.41, 5.74) is 7.19. The number of nitrogens with two attached hydrogens (primary N) is 1. The van der Waals surface area contributed by atoms with Crippen molar-refractivity contribution in [3.8, 4) is 17.5 Å². The molecule has 0 saturated heterocycles. The third-order valence-corrected chi connectivity index (χ3v) is 6.58. The molecule has 2 aliphatic rings. The van der Waals surface area contributed by atoms with Crippen LogP contribution in [0.25, 0.3) is 11.4 Å². The number of nitriles is 1. The summed E-state index contributed by atoms with van der Waals surface area (Å²) in [5.74, 6) is 1.45. The maximum absolute atomic E-state index is 12.6. The zero-order valence-electron chi connectivity index (χ0n) is 17.2. The molecule has 4 rings (SSSR count). The van der Waals surface area contributed by atoms with Crippen molar-refractivity contribution in [3.63, 3.8) is 0 Å². The lowest BCUT2D eigenvalue weighted by atomic mass is 9.82. The number of carbonyl (C=O) groups excluding carboxylic acids is 1. The van der Waals surface area contributed by atoms with Gasteiger partial charge in [-0.1, -0.05) is 11.3 Å². The molecular formula is C22H29N7O.